The molecule has 0 aliphatic heterocycles. The van der Waals surface area contributed by atoms with E-state index in [9.17, 15) is 4.79 Å². The largest absolute Gasteiger partial charge is 0.386 e. The molecule has 1 amide bonds. The zero-order valence-corrected chi connectivity index (χ0v) is 13.5. The fraction of sp³-hybridized carbons (Fsp3) is 0.0588. The Bertz CT molecular complexity index is 767. The normalized spacial score (nSPS) is 10.7. The summed E-state index contributed by atoms with van der Waals surface area (Å²) in [7, 11) is 0. The number of hydrogen-bond donors (Lipinski definition) is 2. The van der Waals surface area contributed by atoms with Gasteiger partial charge in [-0.2, -0.15) is 5.26 Å². The van der Waals surface area contributed by atoms with Crippen LogP contribution in [0.3, 0.4) is 0 Å². The van der Waals surface area contributed by atoms with E-state index in [0.29, 0.717) is 22.3 Å². The Kier molecular flexibility index (Phi) is 6.04. The van der Waals surface area contributed by atoms with Crippen LogP contribution < -0.4 is 10.6 Å². The van der Waals surface area contributed by atoms with E-state index in [1.807, 2.05) is 36.4 Å². The van der Waals surface area contributed by atoms with Crippen LogP contribution in [-0.4, -0.2) is 5.91 Å². The highest BCUT2D eigenvalue weighted by Gasteiger charge is 2.11. The molecule has 0 heterocycles. The van der Waals surface area contributed by atoms with Crippen LogP contribution in [0.1, 0.15) is 5.56 Å². The van der Waals surface area contributed by atoms with E-state index in [0.717, 1.165) is 5.56 Å². The maximum atomic E-state index is 12.1. The van der Waals surface area contributed by atoms with Crippen molar-refractivity contribution in [3.05, 3.63) is 75.9 Å². The number of carbonyl (C=O) groups excluding carboxylic acids is 1. The maximum absolute atomic E-state index is 12.1. The first-order chi connectivity index (χ1) is 11.1. The van der Waals surface area contributed by atoms with Gasteiger partial charge in [-0.3, -0.25) is 4.79 Å². The summed E-state index contributed by atoms with van der Waals surface area (Å²) < 4.78 is 0. The van der Waals surface area contributed by atoms with Gasteiger partial charge in [-0.15, -0.1) is 0 Å². The summed E-state index contributed by atoms with van der Waals surface area (Å²) in [4.78, 5) is 12.1. The average molecular weight is 346 g/mol. The Hall–Kier alpha value is -2.48. The predicted molar refractivity (Wildman–Crippen MR) is 92.1 cm³/mol. The van der Waals surface area contributed by atoms with Gasteiger partial charge in [0.25, 0.3) is 5.91 Å². The van der Waals surface area contributed by atoms with E-state index in [2.05, 4.69) is 10.6 Å². The van der Waals surface area contributed by atoms with Crippen molar-refractivity contribution in [2.24, 2.45) is 0 Å². The molecule has 0 atom stereocenters. The molecule has 0 aliphatic rings. The minimum atomic E-state index is -0.558. The molecule has 4 nitrogen and oxygen atoms in total. The third-order valence-electron chi connectivity index (χ3n) is 2.94. The second kappa shape index (κ2) is 8.23. The average Bonchev–Trinajstić information content (AvgIpc) is 2.56. The van der Waals surface area contributed by atoms with Gasteiger partial charge in [0.15, 0.2) is 0 Å². The summed E-state index contributed by atoms with van der Waals surface area (Å²) >= 11 is 11.8. The van der Waals surface area contributed by atoms with E-state index >= 15 is 0 Å². The van der Waals surface area contributed by atoms with Crippen LogP contribution in [0.2, 0.25) is 10.0 Å². The summed E-state index contributed by atoms with van der Waals surface area (Å²) in [6.07, 6.45) is 1.38. The lowest BCUT2D eigenvalue weighted by Crippen LogP contribution is -2.16. The number of hydrogen-bond acceptors (Lipinski definition) is 3. The van der Waals surface area contributed by atoms with Gasteiger partial charge < -0.3 is 10.6 Å². The number of nitrogens with zero attached hydrogens (tertiary/aromatic N) is 1. The number of halogens is 2. The highest BCUT2D eigenvalue weighted by atomic mass is 35.5. The molecule has 2 aromatic carbocycles. The van der Waals surface area contributed by atoms with Crippen LogP contribution in [0.15, 0.2) is 60.3 Å². The zero-order chi connectivity index (χ0) is 16.7. The maximum Gasteiger partial charge on any atom is 0.267 e. The summed E-state index contributed by atoms with van der Waals surface area (Å²) in [5.74, 6) is -0.558. The number of benzene rings is 2. The van der Waals surface area contributed by atoms with Gasteiger partial charge in [0.2, 0.25) is 0 Å². The second-order valence-electron chi connectivity index (χ2n) is 4.61. The van der Waals surface area contributed by atoms with Gasteiger partial charge in [0, 0.05) is 17.8 Å². The minimum absolute atomic E-state index is 0.0584. The van der Waals surface area contributed by atoms with Crippen molar-refractivity contribution in [2.45, 2.75) is 6.54 Å². The molecule has 0 aliphatic carbocycles. The van der Waals surface area contributed by atoms with Crippen LogP contribution in [-0.2, 0) is 11.3 Å². The molecule has 6 heteroatoms. The first-order valence-electron chi connectivity index (χ1n) is 6.74. The number of anilines is 1. The van der Waals surface area contributed by atoms with E-state index in [4.69, 9.17) is 28.5 Å². The summed E-state index contributed by atoms with van der Waals surface area (Å²) in [5.41, 5.74) is 1.34. The minimum Gasteiger partial charge on any atom is -0.386 e. The summed E-state index contributed by atoms with van der Waals surface area (Å²) in [6, 6.07) is 16.2. The topological polar surface area (TPSA) is 64.9 Å². The molecule has 116 valence electrons. The van der Waals surface area contributed by atoms with Gasteiger partial charge in [-0.05, 0) is 23.8 Å². The lowest BCUT2D eigenvalue weighted by Gasteiger charge is -2.07. The third kappa shape index (κ3) is 5.03. The van der Waals surface area contributed by atoms with Crippen LogP contribution in [0.5, 0.6) is 0 Å². The van der Waals surface area contributed by atoms with Crippen LogP contribution in [0.25, 0.3) is 0 Å². The molecule has 2 rings (SSSR count). The van der Waals surface area contributed by atoms with E-state index in [1.54, 1.807) is 12.1 Å². The molecule has 0 bridgehead atoms. The molecule has 2 N–H and O–H groups in total. The SMILES string of the molecule is N#C/C(=C/NCc1ccccc1)C(=O)Nc1cc(Cl)ccc1Cl. The Labute approximate surface area is 144 Å². The standard InChI is InChI=1S/C17H13Cl2N3O/c18-14-6-7-15(19)16(8-14)22-17(23)13(9-20)11-21-10-12-4-2-1-3-5-12/h1-8,11,21H,10H2,(H,22,23)/b13-11-. The van der Waals surface area contributed by atoms with E-state index in [1.165, 1.54) is 12.3 Å². The van der Waals surface area contributed by atoms with Crippen LogP contribution in [0, 0.1) is 11.3 Å². The first-order valence-corrected chi connectivity index (χ1v) is 7.49. The van der Waals surface area contributed by atoms with E-state index < -0.39 is 5.91 Å². The molecule has 0 fully saturated rings. The molecule has 23 heavy (non-hydrogen) atoms. The molecule has 0 saturated heterocycles. The van der Waals surface area contributed by atoms with E-state index in [-0.39, 0.29) is 5.57 Å². The van der Waals surface area contributed by atoms with Gasteiger partial charge in [-0.25, -0.2) is 0 Å². The Morgan fingerprint density at radius 1 is 1.17 bits per heavy atom. The molecule has 0 radical (unpaired) electrons. The number of carbonyl (C=O) groups is 1. The van der Waals surface area contributed by atoms with Crippen molar-refractivity contribution in [2.75, 3.05) is 5.32 Å². The van der Waals surface area contributed by atoms with Crippen molar-refractivity contribution in [1.82, 2.24) is 5.32 Å². The Morgan fingerprint density at radius 2 is 1.91 bits per heavy atom. The quantitative estimate of drug-likeness (QED) is 0.632. The molecule has 0 spiro atoms. The highest BCUT2D eigenvalue weighted by Crippen LogP contribution is 2.25. The number of rotatable bonds is 5. The number of amides is 1. The van der Waals surface area contributed by atoms with Crippen molar-refractivity contribution < 1.29 is 4.79 Å². The van der Waals surface area contributed by atoms with Crippen molar-refractivity contribution in [3.8, 4) is 6.07 Å². The second-order valence-corrected chi connectivity index (χ2v) is 5.46. The predicted octanol–water partition coefficient (Wildman–Crippen LogP) is 4.13. The fourth-order valence-electron chi connectivity index (χ4n) is 1.80. The molecular formula is C17H13Cl2N3O. The fourth-order valence-corrected chi connectivity index (χ4v) is 2.14. The van der Waals surface area contributed by atoms with Crippen molar-refractivity contribution in [3.63, 3.8) is 0 Å². The molecule has 0 unspecified atom stereocenters. The molecule has 0 saturated carbocycles. The summed E-state index contributed by atoms with van der Waals surface area (Å²) in [5, 5.41) is 15.4. The van der Waals surface area contributed by atoms with Gasteiger partial charge >= 0.3 is 0 Å². The molecular weight excluding hydrogens is 333 g/mol. The van der Waals surface area contributed by atoms with Crippen molar-refractivity contribution in [1.29, 1.82) is 5.26 Å². The first kappa shape index (κ1) is 16.9. The lowest BCUT2D eigenvalue weighted by atomic mass is 10.2. The Morgan fingerprint density at radius 3 is 2.61 bits per heavy atom. The van der Waals surface area contributed by atoms with Crippen LogP contribution >= 0.6 is 23.2 Å². The molecule has 2 aromatic rings. The third-order valence-corrected chi connectivity index (χ3v) is 3.50. The number of nitrogens with one attached hydrogen (secondary N) is 2. The molecule has 0 aromatic heterocycles. The number of nitriles is 1. The summed E-state index contributed by atoms with van der Waals surface area (Å²) in [6.45, 7) is 0.511. The van der Waals surface area contributed by atoms with Gasteiger partial charge in [0.05, 0.1) is 10.7 Å². The zero-order valence-electron chi connectivity index (χ0n) is 12.0. The Balaban J connectivity index is 2.02. The lowest BCUT2D eigenvalue weighted by molar-refractivity contribution is -0.112. The van der Waals surface area contributed by atoms with Crippen molar-refractivity contribution >= 4 is 34.8 Å². The van der Waals surface area contributed by atoms with Gasteiger partial charge in [0.1, 0.15) is 11.6 Å². The smallest absolute Gasteiger partial charge is 0.267 e. The highest BCUT2D eigenvalue weighted by molar-refractivity contribution is 6.35. The van der Waals surface area contributed by atoms with Gasteiger partial charge in [-0.1, -0.05) is 53.5 Å². The monoisotopic (exact) mass is 345 g/mol. The van der Waals surface area contributed by atoms with Crippen LogP contribution in [0.4, 0.5) is 5.69 Å².